The van der Waals surface area contributed by atoms with Gasteiger partial charge in [0.15, 0.2) is 5.82 Å². The van der Waals surface area contributed by atoms with Gasteiger partial charge >= 0.3 is 0 Å². The first-order valence-corrected chi connectivity index (χ1v) is 11.0. The van der Waals surface area contributed by atoms with Crippen LogP contribution in [0.25, 0.3) is 22.1 Å². The topological polar surface area (TPSA) is 68.5 Å². The summed E-state index contributed by atoms with van der Waals surface area (Å²) in [5.41, 5.74) is 8.21. The Morgan fingerprint density at radius 1 is 0.938 bits per heavy atom. The molecule has 3 heterocycles. The summed E-state index contributed by atoms with van der Waals surface area (Å²) in [6, 6.07) is 16.3. The number of aryl methyl sites for hydroxylation is 2. The van der Waals surface area contributed by atoms with Crippen LogP contribution in [0.5, 0.6) is 0 Å². The lowest BCUT2D eigenvalue weighted by Crippen LogP contribution is -1.99. The molecule has 32 heavy (non-hydrogen) atoms. The molecule has 3 aromatic heterocycles. The van der Waals surface area contributed by atoms with Crippen LogP contribution >= 0.6 is 11.6 Å². The Hall–Kier alpha value is -3.51. The van der Waals surface area contributed by atoms with Crippen molar-refractivity contribution in [3.05, 3.63) is 83.0 Å². The van der Waals surface area contributed by atoms with Crippen molar-refractivity contribution in [2.75, 3.05) is 5.32 Å². The van der Waals surface area contributed by atoms with Crippen molar-refractivity contribution < 1.29 is 0 Å². The molecule has 0 aliphatic heterocycles. The average molecular weight is 445 g/mol. The number of fused-ring (bicyclic) bond motifs is 2. The maximum Gasteiger partial charge on any atom is 0.160 e. The molecule has 162 valence electrons. The maximum absolute atomic E-state index is 6.05. The van der Waals surface area contributed by atoms with Crippen molar-refractivity contribution >= 4 is 45.2 Å². The van der Waals surface area contributed by atoms with Gasteiger partial charge in [0.2, 0.25) is 0 Å². The lowest BCUT2D eigenvalue weighted by Gasteiger charge is -2.11. The average Bonchev–Trinajstić information content (AvgIpc) is 3.17. The summed E-state index contributed by atoms with van der Waals surface area (Å²) < 4.78 is 2.03. The Kier molecular flexibility index (Phi) is 6.32. The number of nitrogens with one attached hydrogen (secondary N) is 1. The van der Waals surface area contributed by atoms with Crippen molar-refractivity contribution in [3.8, 4) is 0 Å². The van der Waals surface area contributed by atoms with Crippen LogP contribution in [0.4, 0.5) is 11.5 Å². The zero-order chi connectivity index (χ0) is 22.7. The van der Waals surface area contributed by atoms with E-state index in [2.05, 4.69) is 68.6 Å². The minimum atomic E-state index is 0.414. The van der Waals surface area contributed by atoms with E-state index in [1.165, 1.54) is 23.0 Å². The normalized spacial score (nSPS) is 10.8. The van der Waals surface area contributed by atoms with Crippen LogP contribution in [-0.2, 0) is 13.5 Å². The van der Waals surface area contributed by atoms with E-state index < -0.39 is 0 Å². The molecule has 0 radical (unpaired) electrons. The number of aromatic nitrogens is 5. The van der Waals surface area contributed by atoms with E-state index in [1.807, 2.05) is 37.9 Å². The predicted octanol–water partition coefficient (Wildman–Crippen LogP) is 6.23. The van der Waals surface area contributed by atoms with Gasteiger partial charge in [0.25, 0.3) is 0 Å². The molecule has 0 aliphatic rings. The number of imidazole rings is 1. The third-order valence-corrected chi connectivity index (χ3v) is 5.45. The van der Waals surface area contributed by atoms with Crippen LogP contribution in [0.3, 0.4) is 0 Å². The second kappa shape index (κ2) is 9.32. The lowest BCUT2D eigenvalue weighted by molar-refractivity contribution is 0.947. The molecule has 0 saturated carbocycles. The van der Waals surface area contributed by atoms with E-state index in [4.69, 9.17) is 11.6 Å². The second-order valence-corrected chi connectivity index (χ2v) is 7.73. The number of anilines is 2. The molecule has 0 fully saturated rings. The molecule has 0 saturated heterocycles. The van der Waals surface area contributed by atoms with E-state index in [9.17, 15) is 0 Å². The highest BCUT2D eigenvalue weighted by Gasteiger charge is 2.09. The number of halogens is 1. The van der Waals surface area contributed by atoms with E-state index in [0.29, 0.717) is 16.5 Å². The van der Waals surface area contributed by atoms with Gasteiger partial charge in [0.1, 0.15) is 17.0 Å². The summed E-state index contributed by atoms with van der Waals surface area (Å²) in [6.07, 6.45) is 4.22. The van der Waals surface area contributed by atoms with Gasteiger partial charge in [-0.3, -0.25) is 0 Å². The molecule has 7 heteroatoms. The van der Waals surface area contributed by atoms with Gasteiger partial charge in [-0.1, -0.05) is 37.6 Å². The smallest absolute Gasteiger partial charge is 0.160 e. The van der Waals surface area contributed by atoms with E-state index in [0.717, 1.165) is 28.7 Å². The molecular weight excluding hydrogens is 420 g/mol. The Labute approximate surface area is 192 Å². The zero-order valence-corrected chi connectivity index (χ0v) is 19.4. The first kappa shape index (κ1) is 21.7. The molecule has 0 unspecified atom stereocenters. The van der Waals surface area contributed by atoms with Gasteiger partial charge in [-0.05, 0) is 66.4 Å². The zero-order valence-electron chi connectivity index (χ0n) is 18.6. The van der Waals surface area contributed by atoms with Crippen molar-refractivity contribution in [3.63, 3.8) is 0 Å². The molecule has 0 aliphatic carbocycles. The number of benzene rings is 2. The van der Waals surface area contributed by atoms with Crippen molar-refractivity contribution in [2.45, 2.75) is 27.2 Å². The third kappa shape index (κ3) is 4.41. The molecule has 0 spiro atoms. The summed E-state index contributed by atoms with van der Waals surface area (Å²) in [4.78, 5) is 17.4. The molecule has 1 N–H and O–H groups in total. The first-order valence-electron chi connectivity index (χ1n) is 10.6. The van der Waals surface area contributed by atoms with E-state index in [-0.39, 0.29) is 0 Å². The highest BCUT2D eigenvalue weighted by atomic mass is 35.5. The largest absolute Gasteiger partial charge is 0.338 e. The summed E-state index contributed by atoms with van der Waals surface area (Å²) >= 11 is 6.05. The van der Waals surface area contributed by atoms with Crippen molar-refractivity contribution in [1.82, 2.24) is 24.5 Å². The van der Waals surface area contributed by atoms with Crippen molar-refractivity contribution in [1.29, 1.82) is 0 Å². The minimum Gasteiger partial charge on any atom is -0.338 e. The summed E-state index contributed by atoms with van der Waals surface area (Å²) in [7, 11) is 2.01. The Morgan fingerprint density at radius 3 is 2.59 bits per heavy atom. The molecule has 0 bridgehead atoms. The Balaban J connectivity index is 0.00000119. The Bertz CT molecular complexity index is 1390. The van der Waals surface area contributed by atoms with Crippen LogP contribution in [0.1, 0.15) is 30.5 Å². The van der Waals surface area contributed by atoms with Gasteiger partial charge in [-0.15, -0.1) is 0 Å². The quantitative estimate of drug-likeness (QED) is 0.332. The van der Waals surface area contributed by atoms with Gasteiger partial charge in [-0.2, -0.15) is 0 Å². The monoisotopic (exact) mass is 444 g/mol. The highest BCUT2D eigenvalue weighted by molar-refractivity contribution is 6.29. The molecular formula is C25H25ClN6. The summed E-state index contributed by atoms with van der Waals surface area (Å²) in [6.45, 7) is 6.12. The molecule has 6 nitrogen and oxygen atoms in total. The standard InChI is InChI=1S/C23H19ClN6.C2H6/c1-14-9-17(28-23-22-18(25-12-26-23)6-8-21(24)29-22)5-4-16(14)10-15-3-7-20-19(11-15)27-13-30(20)2;1-2/h3-9,11-13H,10H2,1-2H3,(H,25,26,28);1-2H3. The summed E-state index contributed by atoms with van der Waals surface area (Å²) in [5, 5.41) is 3.76. The second-order valence-electron chi connectivity index (χ2n) is 7.35. The Morgan fingerprint density at radius 2 is 1.78 bits per heavy atom. The SMILES string of the molecule is CC.Cc1cc(Nc2ncnc3ccc(Cl)nc23)ccc1Cc1ccc2c(c1)ncn2C. The van der Waals surface area contributed by atoms with E-state index in [1.54, 1.807) is 6.07 Å². The van der Waals surface area contributed by atoms with E-state index >= 15 is 0 Å². The van der Waals surface area contributed by atoms with Crippen LogP contribution in [0, 0.1) is 6.92 Å². The highest BCUT2D eigenvalue weighted by Crippen LogP contribution is 2.25. The molecule has 5 aromatic rings. The van der Waals surface area contributed by atoms with Crippen LogP contribution in [0.15, 0.2) is 61.2 Å². The van der Waals surface area contributed by atoms with Gasteiger partial charge in [0.05, 0.1) is 22.9 Å². The maximum atomic E-state index is 6.05. The number of nitrogens with zero attached hydrogens (tertiary/aromatic N) is 5. The fourth-order valence-corrected chi connectivity index (χ4v) is 3.78. The number of hydrogen-bond donors (Lipinski definition) is 1. The fourth-order valence-electron chi connectivity index (χ4n) is 3.63. The number of hydrogen-bond acceptors (Lipinski definition) is 5. The van der Waals surface area contributed by atoms with Crippen LogP contribution in [0.2, 0.25) is 5.15 Å². The first-order chi connectivity index (χ1) is 15.6. The predicted molar refractivity (Wildman–Crippen MR) is 132 cm³/mol. The number of rotatable bonds is 4. The van der Waals surface area contributed by atoms with Crippen molar-refractivity contribution in [2.24, 2.45) is 7.05 Å². The van der Waals surface area contributed by atoms with Crippen LogP contribution < -0.4 is 5.32 Å². The van der Waals surface area contributed by atoms with Gasteiger partial charge in [0, 0.05) is 12.7 Å². The molecule has 2 aromatic carbocycles. The lowest BCUT2D eigenvalue weighted by atomic mass is 9.99. The van der Waals surface area contributed by atoms with Crippen LogP contribution in [-0.4, -0.2) is 24.5 Å². The van der Waals surface area contributed by atoms with Gasteiger partial charge in [-0.25, -0.2) is 19.9 Å². The molecule has 5 rings (SSSR count). The summed E-state index contributed by atoms with van der Waals surface area (Å²) in [5.74, 6) is 0.634. The third-order valence-electron chi connectivity index (χ3n) is 5.24. The molecule has 0 amide bonds. The number of pyridine rings is 1. The minimum absolute atomic E-state index is 0.414. The fraction of sp³-hybridized carbons (Fsp3) is 0.200. The van der Waals surface area contributed by atoms with Gasteiger partial charge < -0.3 is 9.88 Å². The molecule has 0 atom stereocenters.